The molecule has 2 aromatic rings. The van der Waals surface area contributed by atoms with Gasteiger partial charge in [0.25, 0.3) is 15.7 Å². The molecule has 0 aliphatic heterocycles. The number of hydrogen-bond donors (Lipinski definition) is 1. The van der Waals surface area contributed by atoms with Gasteiger partial charge in [0.2, 0.25) is 0 Å². The van der Waals surface area contributed by atoms with Gasteiger partial charge in [-0.1, -0.05) is 23.9 Å². The second kappa shape index (κ2) is 6.54. The number of sulfonamides is 1. The van der Waals surface area contributed by atoms with Crippen LogP contribution in [0.2, 0.25) is 0 Å². The van der Waals surface area contributed by atoms with Crippen molar-refractivity contribution < 1.29 is 28.0 Å². The van der Waals surface area contributed by atoms with Gasteiger partial charge in [0.15, 0.2) is 0 Å². The van der Waals surface area contributed by atoms with Gasteiger partial charge in [-0.2, -0.15) is 0 Å². The predicted octanol–water partition coefficient (Wildman–Crippen LogP) is 1.26. The Hall–Kier alpha value is -3.14. The molecule has 0 fully saturated rings. The number of nitrogens with one attached hydrogen (secondary N) is 1. The molecular weight excluding hydrogens is 340 g/mol. The number of ether oxygens (including phenoxy) is 1. The summed E-state index contributed by atoms with van der Waals surface area (Å²) in [6.45, 7) is 0. The maximum atomic E-state index is 12.4. The van der Waals surface area contributed by atoms with Crippen molar-refractivity contribution in [1.29, 1.82) is 0 Å². The van der Waals surface area contributed by atoms with E-state index in [1.807, 2.05) is 4.72 Å². The minimum Gasteiger partial charge on any atom is -0.871 e. The third-order valence-electron chi connectivity index (χ3n) is 3.00. The number of non-ortho nitro benzene ring substituents is 1. The lowest BCUT2D eigenvalue weighted by Gasteiger charge is -2.16. The Morgan fingerprint density at radius 3 is 2.50 bits per heavy atom. The maximum Gasteiger partial charge on any atom is 0.339 e. The van der Waals surface area contributed by atoms with E-state index in [9.17, 15) is 28.4 Å². The van der Waals surface area contributed by atoms with Gasteiger partial charge in [0, 0.05) is 17.8 Å². The van der Waals surface area contributed by atoms with E-state index in [1.165, 1.54) is 18.2 Å². The first-order valence-corrected chi connectivity index (χ1v) is 7.90. The number of nitrogens with zero attached hydrogens (tertiary/aromatic N) is 1. The highest BCUT2D eigenvalue weighted by Crippen LogP contribution is 2.28. The monoisotopic (exact) mass is 351 g/mol. The molecule has 10 heteroatoms. The van der Waals surface area contributed by atoms with E-state index in [0.29, 0.717) is 0 Å². The Labute approximate surface area is 136 Å². The van der Waals surface area contributed by atoms with Crippen LogP contribution < -0.4 is 9.83 Å². The van der Waals surface area contributed by atoms with Crippen LogP contribution >= 0.6 is 0 Å². The van der Waals surface area contributed by atoms with Gasteiger partial charge in [0.05, 0.1) is 17.6 Å². The lowest BCUT2D eigenvalue weighted by Crippen LogP contribution is -2.18. The van der Waals surface area contributed by atoms with Crippen molar-refractivity contribution in [2.75, 3.05) is 11.8 Å². The van der Waals surface area contributed by atoms with Gasteiger partial charge >= 0.3 is 5.97 Å². The highest BCUT2D eigenvalue weighted by Gasteiger charge is 2.23. The summed E-state index contributed by atoms with van der Waals surface area (Å²) in [7, 11) is -3.24. The maximum absolute atomic E-state index is 12.4. The third kappa shape index (κ3) is 3.43. The molecule has 2 rings (SSSR count). The summed E-state index contributed by atoms with van der Waals surface area (Å²) in [4.78, 5) is 21.2. The van der Waals surface area contributed by atoms with Crippen molar-refractivity contribution in [2.45, 2.75) is 4.90 Å². The highest BCUT2D eigenvalue weighted by atomic mass is 32.2. The Morgan fingerprint density at radius 2 is 1.88 bits per heavy atom. The molecule has 0 bridgehead atoms. The van der Waals surface area contributed by atoms with Gasteiger partial charge in [-0.3, -0.25) is 14.8 Å². The molecule has 2 aromatic carbocycles. The second-order valence-electron chi connectivity index (χ2n) is 4.53. The molecule has 0 aliphatic carbocycles. The van der Waals surface area contributed by atoms with Gasteiger partial charge in [-0.25, -0.2) is 13.2 Å². The summed E-state index contributed by atoms with van der Waals surface area (Å²) in [6.07, 6.45) is 0. The van der Waals surface area contributed by atoms with Gasteiger partial charge in [-0.15, -0.1) is 0 Å². The summed E-state index contributed by atoms with van der Waals surface area (Å²) in [5, 5.41) is 22.5. The fourth-order valence-corrected chi connectivity index (χ4v) is 3.15. The van der Waals surface area contributed by atoms with Crippen LogP contribution in [-0.4, -0.2) is 26.4 Å². The van der Waals surface area contributed by atoms with Crippen molar-refractivity contribution in [3.8, 4) is 5.75 Å². The van der Waals surface area contributed by atoms with Crippen molar-refractivity contribution in [3.05, 3.63) is 58.1 Å². The van der Waals surface area contributed by atoms with Crippen molar-refractivity contribution in [2.24, 2.45) is 0 Å². The van der Waals surface area contributed by atoms with Gasteiger partial charge < -0.3 is 9.84 Å². The second-order valence-corrected chi connectivity index (χ2v) is 6.18. The number of esters is 1. The number of hydrogen-bond acceptors (Lipinski definition) is 7. The zero-order valence-corrected chi connectivity index (χ0v) is 13.1. The molecular formula is C14H11N2O7S-. The topological polar surface area (TPSA) is 139 Å². The van der Waals surface area contributed by atoms with E-state index in [4.69, 9.17) is 0 Å². The summed E-state index contributed by atoms with van der Waals surface area (Å²) in [5.74, 6) is -1.63. The zero-order valence-electron chi connectivity index (χ0n) is 12.3. The van der Waals surface area contributed by atoms with E-state index in [1.54, 1.807) is 0 Å². The minimum absolute atomic E-state index is 0.231. The number of methoxy groups -OCH3 is 1. The quantitative estimate of drug-likeness (QED) is 0.486. The molecule has 1 N–H and O–H groups in total. The van der Waals surface area contributed by atoms with E-state index >= 15 is 0 Å². The van der Waals surface area contributed by atoms with Crippen LogP contribution in [0.1, 0.15) is 10.4 Å². The molecule has 0 radical (unpaired) electrons. The Balaban J connectivity index is 2.49. The van der Waals surface area contributed by atoms with Crippen molar-refractivity contribution in [1.82, 2.24) is 0 Å². The molecule has 0 amide bonds. The molecule has 24 heavy (non-hydrogen) atoms. The van der Waals surface area contributed by atoms with Crippen molar-refractivity contribution in [3.63, 3.8) is 0 Å². The largest absolute Gasteiger partial charge is 0.871 e. The first kappa shape index (κ1) is 17.2. The zero-order chi connectivity index (χ0) is 17.9. The first-order valence-electron chi connectivity index (χ1n) is 6.42. The molecule has 0 saturated carbocycles. The SMILES string of the molecule is COC(=O)c1ccccc1S(=O)(=O)Nc1cc([N+](=O)[O-])ccc1[O-]. The highest BCUT2D eigenvalue weighted by molar-refractivity contribution is 7.92. The summed E-state index contributed by atoms with van der Waals surface area (Å²) >= 11 is 0. The van der Waals surface area contributed by atoms with Crippen LogP contribution in [0.5, 0.6) is 5.75 Å². The lowest BCUT2D eigenvalue weighted by atomic mass is 10.2. The average Bonchev–Trinajstić information content (AvgIpc) is 2.55. The molecule has 9 nitrogen and oxygen atoms in total. The molecule has 0 saturated heterocycles. The minimum atomic E-state index is -4.34. The fourth-order valence-electron chi connectivity index (χ4n) is 1.89. The number of benzene rings is 2. The summed E-state index contributed by atoms with van der Waals surface area (Å²) in [5.41, 5.74) is -1.18. The number of carbonyl (C=O) groups excluding carboxylic acids is 1. The first-order chi connectivity index (χ1) is 11.3. The van der Waals surface area contributed by atoms with E-state index in [-0.39, 0.29) is 5.56 Å². The molecule has 0 atom stereocenters. The van der Waals surface area contributed by atoms with Crippen LogP contribution in [0.25, 0.3) is 0 Å². The van der Waals surface area contributed by atoms with E-state index in [2.05, 4.69) is 4.74 Å². The molecule has 0 heterocycles. The predicted molar refractivity (Wildman–Crippen MR) is 81.1 cm³/mol. The smallest absolute Gasteiger partial charge is 0.339 e. The molecule has 126 valence electrons. The van der Waals surface area contributed by atoms with Crippen molar-refractivity contribution >= 4 is 27.4 Å². The standard InChI is InChI=1S/C14H12N2O7S/c1-23-14(18)10-4-2-3-5-13(10)24(21,22)15-11-8-9(16(19)20)6-7-12(11)17/h2-8,15,17H,1H3/p-1. The van der Waals surface area contributed by atoms with Crippen LogP contribution in [0.3, 0.4) is 0 Å². The van der Waals surface area contributed by atoms with Crippen LogP contribution in [0, 0.1) is 10.1 Å². The number of anilines is 1. The van der Waals surface area contributed by atoms with E-state index in [0.717, 1.165) is 31.4 Å². The molecule has 0 spiro atoms. The van der Waals surface area contributed by atoms with Gasteiger partial charge in [0.1, 0.15) is 4.90 Å². The Morgan fingerprint density at radius 1 is 1.21 bits per heavy atom. The van der Waals surface area contributed by atoms with Crippen LogP contribution in [0.15, 0.2) is 47.4 Å². The Bertz CT molecular complexity index is 909. The van der Waals surface area contributed by atoms with Crippen LogP contribution in [0.4, 0.5) is 11.4 Å². The normalized spacial score (nSPS) is 10.9. The third-order valence-corrected chi connectivity index (χ3v) is 4.42. The molecule has 0 aliphatic rings. The lowest BCUT2D eigenvalue weighted by molar-refractivity contribution is -0.385. The summed E-state index contributed by atoms with van der Waals surface area (Å²) in [6, 6.07) is 7.86. The van der Waals surface area contributed by atoms with Gasteiger partial charge in [-0.05, 0) is 12.1 Å². The number of rotatable bonds is 5. The number of carbonyl (C=O) groups is 1. The van der Waals surface area contributed by atoms with Crippen LogP contribution in [-0.2, 0) is 14.8 Å². The average molecular weight is 351 g/mol. The number of nitro benzene ring substituents is 1. The molecule has 0 aromatic heterocycles. The van der Waals surface area contributed by atoms with E-state index < -0.39 is 42.9 Å². The number of nitro groups is 1. The fraction of sp³-hybridized carbons (Fsp3) is 0.0714. The molecule has 0 unspecified atom stereocenters. The Kier molecular flexibility index (Phi) is 4.69. The summed E-state index contributed by atoms with van der Waals surface area (Å²) < 4.78 is 31.4.